The maximum absolute atomic E-state index is 14.2. The first kappa shape index (κ1) is 30.5. The van der Waals surface area contributed by atoms with Crippen LogP contribution in [0.1, 0.15) is 48.2 Å². The van der Waals surface area contributed by atoms with Crippen LogP contribution in [-0.4, -0.2) is 60.5 Å². The number of thiazole rings is 1. The molecule has 0 bridgehead atoms. The van der Waals surface area contributed by atoms with Crippen molar-refractivity contribution in [2.75, 3.05) is 32.3 Å². The Morgan fingerprint density at radius 3 is 2.68 bits per heavy atom. The molecule has 1 amide bonds. The normalized spacial score (nSPS) is 17.4. The molecule has 1 aliphatic heterocycles. The van der Waals surface area contributed by atoms with E-state index in [1.54, 1.807) is 48.8 Å². The van der Waals surface area contributed by atoms with Gasteiger partial charge in [-0.25, -0.2) is 9.78 Å². The summed E-state index contributed by atoms with van der Waals surface area (Å²) in [7, 11) is 3.11. The van der Waals surface area contributed by atoms with Gasteiger partial charge in [0.15, 0.2) is 11.5 Å². The van der Waals surface area contributed by atoms with Gasteiger partial charge in [0.1, 0.15) is 12.2 Å². The number of aliphatic hydroxyl groups excluding tert-OH is 1. The zero-order valence-electron chi connectivity index (χ0n) is 23.3. The summed E-state index contributed by atoms with van der Waals surface area (Å²) in [6.45, 7) is 3.91. The van der Waals surface area contributed by atoms with Crippen LogP contribution in [0.2, 0.25) is 5.02 Å². The second-order valence-corrected chi connectivity index (χ2v) is 11.8. The quantitative estimate of drug-likeness (QED) is 0.282. The average molecular weight is 601 g/mol. The standard InChI is InChI=1S/C30H33ClN2O7S/c1-30(2,17-34)16-33-22-10-8-18(31)14-21(22)27(20-6-5-7-23(38-3)28(20)39-4)40-24(29(33)37)11-12-25-32-19(15-41-25)9-13-26(35)36/h5-10,13-15,24,27,34H,11-12,16-17H2,1-4H3,(H,35,36)/b13-9+/t24-,27-/m1/s1. The van der Waals surface area contributed by atoms with Gasteiger partial charge in [-0.3, -0.25) is 4.79 Å². The number of carbonyl (C=O) groups is 2. The van der Waals surface area contributed by atoms with Crippen LogP contribution in [0.25, 0.3) is 6.08 Å². The summed E-state index contributed by atoms with van der Waals surface area (Å²) in [5.41, 5.74) is 1.93. The number of anilines is 1. The summed E-state index contributed by atoms with van der Waals surface area (Å²) in [6.07, 6.45) is 1.60. The fourth-order valence-corrected chi connectivity index (χ4v) is 5.65. The Labute approximate surface area is 247 Å². The van der Waals surface area contributed by atoms with E-state index in [4.69, 9.17) is 30.9 Å². The van der Waals surface area contributed by atoms with E-state index in [0.717, 1.165) is 11.1 Å². The van der Waals surface area contributed by atoms with E-state index in [1.165, 1.54) is 17.4 Å². The Morgan fingerprint density at radius 1 is 1.22 bits per heavy atom. The molecule has 0 saturated heterocycles. The number of hydrogen-bond acceptors (Lipinski definition) is 8. The molecule has 0 fully saturated rings. The number of carbonyl (C=O) groups excluding carboxylic acids is 1. The first-order chi connectivity index (χ1) is 19.6. The van der Waals surface area contributed by atoms with E-state index in [2.05, 4.69) is 4.98 Å². The second kappa shape index (κ2) is 13.0. The Kier molecular flexibility index (Phi) is 9.70. The summed E-state index contributed by atoms with van der Waals surface area (Å²) in [5, 5.41) is 22.0. The van der Waals surface area contributed by atoms with Crippen LogP contribution in [0.3, 0.4) is 0 Å². The van der Waals surface area contributed by atoms with Crippen molar-refractivity contribution in [1.82, 2.24) is 4.98 Å². The summed E-state index contributed by atoms with van der Waals surface area (Å²) < 4.78 is 17.9. The molecule has 9 nitrogen and oxygen atoms in total. The summed E-state index contributed by atoms with van der Waals surface area (Å²) in [6, 6.07) is 10.8. The number of amides is 1. The predicted octanol–water partition coefficient (Wildman–Crippen LogP) is 5.38. The van der Waals surface area contributed by atoms with Crippen LogP contribution >= 0.6 is 22.9 Å². The molecule has 2 atom stereocenters. The number of aromatic nitrogens is 1. The minimum absolute atomic E-state index is 0.121. The lowest BCUT2D eigenvalue weighted by atomic mass is 9.92. The Bertz CT molecular complexity index is 1440. The number of methoxy groups -OCH3 is 2. The predicted molar refractivity (Wildman–Crippen MR) is 158 cm³/mol. The monoisotopic (exact) mass is 600 g/mol. The highest BCUT2D eigenvalue weighted by atomic mass is 35.5. The van der Waals surface area contributed by atoms with Gasteiger partial charge in [0.2, 0.25) is 0 Å². The smallest absolute Gasteiger partial charge is 0.328 e. The number of aryl methyl sites for hydroxylation is 1. The van der Waals surface area contributed by atoms with E-state index in [0.29, 0.717) is 51.9 Å². The second-order valence-electron chi connectivity index (χ2n) is 10.4. The Morgan fingerprint density at radius 2 is 2.00 bits per heavy atom. The van der Waals surface area contributed by atoms with Crippen molar-refractivity contribution in [3.63, 3.8) is 0 Å². The number of ether oxygens (including phenoxy) is 3. The SMILES string of the molecule is COc1cccc([C@H]2O[C@H](CCc3nc(/C=C/C(=O)O)cs3)C(=O)N(CC(C)(C)CO)c3ccc(Cl)cc32)c1OC. The number of aliphatic carboxylic acids is 1. The summed E-state index contributed by atoms with van der Waals surface area (Å²) >= 11 is 7.87. The first-order valence-electron chi connectivity index (χ1n) is 13.0. The highest BCUT2D eigenvalue weighted by Crippen LogP contribution is 2.45. The van der Waals surface area contributed by atoms with Crippen molar-refractivity contribution in [3.05, 3.63) is 74.7 Å². The van der Waals surface area contributed by atoms with E-state index < -0.39 is 23.6 Å². The van der Waals surface area contributed by atoms with Crippen LogP contribution in [0.15, 0.2) is 47.9 Å². The minimum Gasteiger partial charge on any atom is -0.493 e. The molecule has 3 aromatic rings. The fraction of sp³-hybridized carbons (Fsp3) is 0.367. The molecule has 2 heterocycles. The van der Waals surface area contributed by atoms with Gasteiger partial charge in [-0.2, -0.15) is 0 Å². The number of carboxylic acid groups (broad SMARTS) is 1. The molecule has 0 unspecified atom stereocenters. The van der Waals surface area contributed by atoms with Gasteiger partial charge < -0.3 is 29.3 Å². The molecule has 1 aromatic heterocycles. The number of rotatable bonds is 11. The van der Waals surface area contributed by atoms with Gasteiger partial charge in [0.25, 0.3) is 5.91 Å². The zero-order chi connectivity index (χ0) is 29.7. The molecular weight excluding hydrogens is 568 g/mol. The molecule has 218 valence electrons. The van der Waals surface area contributed by atoms with Crippen molar-refractivity contribution in [2.24, 2.45) is 5.41 Å². The molecular formula is C30H33ClN2O7S. The molecule has 2 N–H and O–H groups in total. The van der Waals surface area contributed by atoms with E-state index in [9.17, 15) is 14.7 Å². The third kappa shape index (κ3) is 7.08. The van der Waals surface area contributed by atoms with Crippen LogP contribution in [0, 0.1) is 5.41 Å². The lowest BCUT2D eigenvalue weighted by Gasteiger charge is -2.32. The molecule has 1 aliphatic rings. The maximum atomic E-state index is 14.2. The van der Waals surface area contributed by atoms with E-state index in [1.807, 2.05) is 26.0 Å². The number of fused-ring (bicyclic) bond motifs is 1. The molecule has 11 heteroatoms. The number of hydrogen-bond donors (Lipinski definition) is 2. The number of aliphatic hydroxyl groups is 1. The Balaban J connectivity index is 1.78. The maximum Gasteiger partial charge on any atom is 0.328 e. The summed E-state index contributed by atoms with van der Waals surface area (Å²) in [4.78, 5) is 31.2. The van der Waals surface area contributed by atoms with Gasteiger partial charge in [-0.05, 0) is 36.8 Å². The van der Waals surface area contributed by atoms with Gasteiger partial charge in [-0.15, -0.1) is 11.3 Å². The van der Waals surface area contributed by atoms with Gasteiger partial charge in [0.05, 0.1) is 24.9 Å². The van der Waals surface area contributed by atoms with Crippen molar-refractivity contribution < 1.29 is 34.0 Å². The third-order valence-corrected chi connectivity index (χ3v) is 7.88. The van der Waals surface area contributed by atoms with Crippen LogP contribution in [0.4, 0.5) is 5.69 Å². The van der Waals surface area contributed by atoms with E-state index in [-0.39, 0.29) is 19.1 Å². The molecule has 0 spiro atoms. The number of para-hydroxylation sites is 1. The topological polar surface area (TPSA) is 118 Å². The van der Waals surface area contributed by atoms with Crippen molar-refractivity contribution in [2.45, 2.75) is 38.9 Å². The number of benzene rings is 2. The van der Waals surface area contributed by atoms with Crippen molar-refractivity contribution >= 4 is 46.6 Å². The lowest BCUT2D eigenvalue weighted by Crippen LogP contribution is -2.45. The van der Waals surface area contributed by atoms with Gasteiger partial charge in [-0.1, -0.05) is 37.6 Å². The molecule has 2 aromatic carbocycles. The van der Waals surface area contributed by atoms with Crippen molar-refractivity contribution in [3.8, 4) is 11.5 Å². The fourth-order valence-electron chi connectivity index (χ4n) is 4.69. The lowest BCUT2D eigenvalue weighted by molar-refractivity contribution is -0.133. The summed E-state index contributed by atoms with van der Waals surface area (Å²) in [5.74, 6) is -0.299. The number of nitrogens with zero attached hydrogens (tertiary/aromatic N) is 2. The number of carboxylic acids is 1. The largest absolute Gasteiger partial charge is 0.493 e. The minimum atomic E-state index is -1.05. The van der Waals surface area contributed by atoms with Gasteiger partial charge in [0, 0.05) is 58.3 Å². The van der Waals surface area contributed by atoms with Crippen molar-refractivity contribution in [1.29, 1.82) is 0 Å². The van der Waals surface area contributed by atoms with Crippen LogP contribution < -0.4 is 14.4 Å². The molecule has 0 saturated carbocycles. The molecule has 0 aliphatic carbocycles. The first-order valence-corrected chi connectivity index (χ1v) is 14.3. The third-order valence-electron chi connectivity index (χ3n) is 6.72. The van der Waals surface area contributed by atoms with Crippen LogP contribution in [-0.2, 0) is 20.7 Å². The van der Waals surface area contributed by atoms with Gasteiger partial charge >= 0.3 is 5.97 Å². The molecule has 41 heavy (non-hydrogen) atoms. The molecule has 4 rings (SSSR count). The highest BCUT2D eigenvalue weighted by molar-refractivity contribution is 7.09. The molecule has 0 radical (unpaired) electrons. The zero-order valence-corrected chi connectivity index (χ0v) is 24.9. The Hall–Kier alpha value is -3.44. The van der Waals surface area contributed by atoms with Crippen LogP contribution in [0.5, 0.6) is 11.5 Å². The average Bonchev–Trinajstić information content (AvgIpc) is 3.38. The van der Waals surface area contributed by atoms with E-state index >= 15 is 0 Å². The number of halogens is 1. The highest BCUT2D eigenvalue weighted by Gasteiger charge is 2.39.